The molecule has 0 saturated carbocycles. The van der Waals surface area contributed by atoms with Gasteiger partial charge in [-0.3, -0.25) is 0 Å². The average Bonchev–Trinajstić information content (AvgIpc) is 2.67. The molecule has 15 heavy (non-hydrogen) atoms. The number of nitrogens with zero attached hydrogens (tertiary/aromatic N) is 2. The maximum Gasteiger partial charge on any atom is 0.328 e. The zero-order valence-corrected chi connectivity index (χ0v) is 7.33. The Morgan fingerprint density at radius 3 is 2.33 bits per heavy atom. The minimum atomic E-state index is -0.396. The lowest BCUT2D eigenvalue weighted by molar-refractivity contribution is -0.390. The van der Waals surface area contributed by atoms with Gasteiger partial charge < -0.3 is 10.1 Å². The topological polar surface area (TPSA) is 48.1 Å². The van der Waals surface area contributed by atoms with Gasteiger partial charge in [0.15, 0.2) is 17.4 Å². The molecule has 1 aromatic carbocycles. The Bertz CT molecular complexity index is 453. The Balaban J connectivity index is 0.00000112. The number of rotatable bonds is 2. The molecule has 0 spiro atoms. The summed E-state index contributed by atoms with van der Waals surface area (Å²) < 4.78 is 1.54. The molecule has 0 fully saturated rings. The van der Waals surface area contributed by atoms with Gasteiger partial charge in [-0.15, -0.1) is 0 Å². The first-order chi connectivity index (χ1) is 6.79. The van der Waals surface area contributed by atoms with Crippen LogP contribution in [0.2, 0.25) is 0 Å². The zero-order valence-electron chi connectivity index (χ0n) is 7.33. The molecule has 1 aromatic heterocycles. The highest BCUT2D eigenvalue weighted by molar-refractivity contribution is 5.75. The van der Waals surface area contributed by atoms with Gasteiger partial charge in [0.1, 0.15) is 5.69 Å². The third-order valence-electron chi connectivity index (χ3n) is 1.95. The van der Waals surface area contributed by atoms with Crippen LogP contribution in [-0.4, -0.2) is 26.9 Å². The van der Waals surface area contributed by atoms with Gasteiger partial charge in [-0.25, -0.2) is 0 Å². The number of nitro groups is 1. The molecule has 0 bridgehead atoms. The van der Waals surface area contributed by atoms with Crippen LogP contribution in [0.3, 0.4) is 0 Å². The fraction of sp³-hybridized carbons (Fsp3) is 0. The van der Waals surface area contributed by atoms with Gasteiger partial charge in [0.25, 0.3) is 0 Å². The summed E-state index contributed by atoms with van der Waals surface area (Å²) in [7, 11) is 0. The lowest BCUT2D eigenvalue weighted by Gasteiger charge is -1.99. The van der Waals surface area contributed by atoms with Crippen LogP contribution in [0.1, 0.15) is 0 Å². The summed E-state index contributed by atoms with van der Waals surface area (Å²) in [5.41, 5.74) is 0.796. The highest BCUT2D eigenvalue weighted by Gasteiger charge is 2.12. The van der Waals surface area contributed by atoms with Gasteiger partial charge in [-0.1, -0.05) is 18.2 Å². The molecular formula is C10H11AlN2O2. The van der Waals surface area contributed by atoms with Crippen molar-refractivity contribution in [3.05, 3.63) is 58.8 Å². The quantitative estimate of drug-likeness (QED) is 0.432. The minimum absolute atomic E-state index is 0. The first-order valence-corrected chi connectivity index (χ1v) is 4.16. The first kappa shape index (κ1) is 11.5. The summed E-state index contributed by atoms with van der Waals surface area (Å²) >= 11 is 0. The third kappa shape index (κ3) is 2.27. The van der Waals surface area contributed by atoms with Crippen LogP contribution in [0.4, 0.5) is 5.82 Å². The van der Waals surface area contributed by atoms with Crippen LogP contribution in [0, 0.1) is 10.1 Å². The molecule has 0 N–H and O–H groups in total. The van der Waals surface area contributed by atoms with E-state index in [1.54, 1.807) is 16.8 Å². The largest absolute Gasteiger partial charge is 0.358 e. The van der Waals surface area contributed by atoms with E-state index in [9.17, 15) is 10.1 Å². The van der Waals surface area contributed by atoms with Crippen LogP contribution >= 0.6 is 0 Å². The van der Waals surface area contributed by atoms with Gasteiger partial charge in [0.05, 0.1) is 6.20 Å². The molecule has 0 aliphatic carbocycles. The van der Waals surface area contributed by atoms with Crippen LogP contribution in [0.5, 0.6) is 0 Å². The van der Waals surface area contributed by atoms with E-state index in [1.165, 1.54) is 6.07 Å². The normalized spacial score (nSPS) is 9.33. The SMILES string of the molecule is O=[N+]([O-])c1cccn1-c1ccccc1.[AlH3]. The molecule has 0 amide bonds. The molecule has 1 heterocycles. The molecule has 0 aliphatic rings. The second kappa shape index (κ2) is 4.78. The van der Waals surface area contributed by atoms with E-state index in [0.29, 0.717) is 0 Å². The number of aromatic nitrogens is 1. The van der Waals surface area contributed by atoms with Crippen molar-refractivity contribution in [2.45, 2.75) is 0 Å². The predicted molar refractivity (Wildman–Crippen MR) is 62.4 cm³/mol. The van der Waals surface area contributed by atoms with E-state index in [2.05, 4.69) is 0 Å². The number of hydrogen-bond donors (Lipinski definition) is 0. The summed E-state index contributed by atoms with van der Waals surface area (Å²) in [4.78, 5) is 10.2. The standard InChI is InChI=1S/C10H8N2O2.Al.3H/c13-12(14)10-7-4-8-11(10)9-5-2-1-3-6-9;;;;/h1-8H;;;;. The molecule has 0 radical (unpaired) electrons. The van der Waals surface area contributed by atoms with E-state index < -0.39 is 4.92 Å². The summed E-state index contributed by atoms with van der Waals surface area (Å²) in [6.07, 6.45) is 1.67. The first-order valence-electron chi connectivity index (χ1n) is 4.16. The van der Waals surface area contributed by atoms with Crippen LogP contribution in [-0.2, 0) is 0 Å². The van der Waals surface area contributed by atoms with Crippen molar-refractivity contribution in [3.8, 4) is 5.69 Å². The minimum Gasteiger partial charge on any atom is -0.358 e. The van der Waals surface area contributed by atoms with Crippen molar-refractivity contribution in [2.75, 3.05) is 0 Å². The second-order valence-electron chi connectivity index (χ2n) is 2.83. The monoisotopic (exact) mass is 218 g/mol. The maximum absolute atomic E-state index is 10.6. The Morgan fingerprint density at radius 2 is 1.73 bits per heavy atom. The lowest BCUT2D eigenvalue weighted by atomic mass is 10.3. The fourth-order valence-electron chi connectivity index (χ4n) is 1.33. The summed E-state index contributed by atoms with van der Waals surface area (Å²) in [5.74, 6) is 0.0798. The highest BCUT2D eigenvalue weighted by Crippen LogP contribution is 2.18. The van der Waals surface area contributed by atoms with Gasteiger partial charge in [0, 0.05) is 6.07 Å². The van der Waals surface area contributed by atoms with Crippen molar-refractivity contribution < 1.29 is 4.92 Å². The smallest absolute Gasteiger partial charge is 0.328 e. The molecule has 0 saturated heterocycles. The maximum atomic E-state index is 10.6. The Morgan fingerprint density at radius 1 is 1.07 bits per heavy atom. The molecule has 5 heteroatoms. The molecule has 4 nitrogen and oxygen atoms in total. The lowest BCUT2D eigenvalue weighted by Crippen LogP contribution is -1.98. The third-order valence-corrected chi connectivity index (χ3v) is 1.95. The fourth-order valence-corrected chi connectivity index (χ4v) is 1.33. The predicted octanol–water partition coefficient (Wildman–Crippen LogP) is 1.20. The van der Waals surface area contributed by atoms with Crippen LogP contribution < -0.4 is 0 Å². The van der Waals surface area contributed by atoms with Gasteiger partial charge in [-0.05, 0) is 23.1 Å². The van der Waals surface area contributed by atoms with Crippen molar-refractivity contribution in [3.63, 3.8) is 0 Å². The van der Waals surface area contributed by atoms with E-state index in [-0.39, 0.29) is 23.2 Å². The average molecular weight is 218 g/mol. The number of para-hydroxylation sites is 1. The van der Waals surface area contributed by atoms with Crippen molar-refractivity contribution in [1.29, 1.82) is 0 Å². The van der Waals surface area contributed by atoms with E-state index >= 15 is 0 Å². The number of hydrogen-bond acceptors (Lipinski definition) is 2. The molecular weight excluding hydrogens is 207 g/mol. The van der Waals surface area contributed by atoms with E-state index in [0.717, 1.165) is 5.69 Å². The molecule has 0 aliphatic heterocycles. The molecule has 0 atom stereocenters. The van der Waals surface area contributed by atoms with Crippen molar-refractivity contribution >= 4 is 23.2 Å². The Labute approximate surface area is 97.4 Å². The molecule has 76 valence electrons. The second-order valence-corrected chi connectivity index (χ2v) is 2.83. The van der Waals surface area contributed by atoms with Gasteiger partial charge in [0.2, 0.25) is 0 Å². The molecule has 0 unspecified atom stereocenters. The Hall–Kier alpha value is -1.57. The zero-order chi connectivity index (χ0) is 9.97. The van der Waals surface area contributed by atoms with Crippen LogP contribution in [0.25, 0.3) is 5.69 Å². The van der Waals surface area contributed by atoms with Gasteiger partial charge >= 0.3 is 5.82 Å². The summed E-state index contributed by atoms with van der Waals surface area (Å²) in [5, 5.41) is 10.6. The van der Waals surface area contributed by atoms with Crippen molar-refractivity contribution in [2.24, 2.45) is 0 Å². The highest BCUT2D eigenvalue weighted by atomic mass is 27.0. The summed E-state index contributed by atoms with van der Waals surface area (Å²) in [6, 6.07) is 12.4. The van der Waals surface area contributed by atoms with E-state index in [4.69, 9.17) is 0 Å². The molecule has 2 aromatic rings. The van der Waals surface area contributed by atoms with Gasteiger partial charge in [-0.2, -0.15) is 4.57 Å². The van der Waals surface area contributed by atoms with E-state index in [1.807, 2.05) is 30.3 Å². The Kier molecular flexibility index (Phi) is 3.67. The molecule has 2 rings (SSSR count). The van der Waals surface area contributed by atoms with Crippen LogP contribution in [0.15, 0.2) is 48.7 Å². The van der Waals surface area contributed by atoms with Crippen molar-refractivity contribution in [1.82, 2.24) is 4.57 Å². The number of benzene rings is 1. The summed E-state index contributed by atoms with van der Waals surface area (Å²) in [6.45, 7) is 0.